The van der Waals surface area contributed by atoms with E-state index in [0.717, 1.165) is 17.9 Å². The Bertz CT molecular complexity index is 446. The summed E-state index contributed by atoms with van der Waals surface area (Å²) in [5, 5.41) is 1.19. The largest absolute Gasteiger partial charge is 0.490 e. The fraction of sp³-hybridized carbons (Fsp3) is 0.600. The molecule has 2 rings (SSSR count). The fourth-order valence-electron chi connectivity index (χ4n) is 2.56. The van der Waals surface area contributed by atoms with Crippen LogP contribution in [0, 0.1) is 0 Å². The third kappa shape index (κ3) is 4.52. The monoisotopic (exact) mass is 316 g/mol. The average molecular weight is 317 g/mol. The van der Waals surface area contributed by atoms with Crippen molar-refractivity contribution in [2.75, 3.05) is 26.2 Å². The van der Waals surface area contributed by atoms with Crippen LogP contribution in [0.1, 0.15) is 25.3 Å². The Kier molecular flexibility index (Phi) is 5.97. The van der Waals surface area contributed by atoms with E-state index < -0.39 is 0 Å². The first kappa shape index (κ1) is 15.9. The maximum atomic E-state index is 6.25. The average Bonchev–Trinajstić information content (AvgIpc) is 2.84. The van der Waals surface area contributed by atoms with E-state index in [2.05, 4.69) is 4.90 Å². The summed E-state index contributed by atoms with van der Waals surface area (Å²) in [7, 11) is 0. The molecule has 2 N–H and O–H groups in total. The third-order valence-corrected chi connectivity index (χ3v) is 3.98. The molecule has 0 bridgehead atoms. The van der Waals surface area contributed by atoms with E-state index in [0.29, 0.717) is 23.1 Å². The van der Waals surface area contributed by atoms with Gasteiger partial charge in [-0.05, 0) is 57.0 Å². The Morgan fingerprint density at radius 3 is 2.65 bits per heavy atom. The highest BCUT2D eigenvalue weighted by Crippen LogP contribution is 2.33. The van der Waals surface area contributed by atoms with E-state index in [1.165, 1.54) is 25.9 Å². The molecule has 1 aromatic rings. The molecule has 1 atom stereocenters. The Labute approximate surface area is 131 Å². The van der Waals surface area contributed by atoms with E-state index in [9.17, 15) is 0 Å². The van der Waals surface area contributed by atoms with Crippen LogP contribution in [0.2, 0.25) is 10.0 Å². The van der Waals surface area contributed by atoms with Gasteiger partial charge >= 0.3 is 0 Å². The first-order valence-corrected chi connectivity index (χ1v) is 7.90. The molecule has 0 aromatic heterocycles. The normalized spacial score (nSPS) is 17.4. The molecule has 1 fully saturated rings. The van der Waals surface area contributed by atoms with Gasteiger partial charge in [-0.1, -0.05) is 23.2 Å². The number of ether oxygens (including phenoxy) is 1. The number of nitrogens with zero attached hydrogens (tertiary/aromatic N) is 1. The van der Waals surface area contributed by atoms with Crippen molar-refractivity contribution in [3.63, 3.8) is 0 Å². The van der Waals surface area contributed by atoms with Crippen molar-refractivity contribution >= 4 is 23.2 Å². The minimum absolute atomic E-state index is 0.0467. The molecule has 0 aliphatic carbocycles. The van der Waals surface area contributed by atoms with E-state index in [1.54, 1.807) is 6.07 Å². The lowest BCUT2D eigenvalue weighted by Crippen LogP contribution is -2.25. The number of nitrogens with two attached hydrogens (primary N) is 1. The topological polar surface area (TPSA) is 38.5 Å². The number of hydrogen-bond donors (Lipinski definition) is 1. The molecular weight excluding hydrogens is 295 g/mol. The Hall–Kier alpha value is -0.480. The second-order valence-electron chi connectivity index (χ2n) is 5.45. The molecule has 1 aliphatic rings. The van der Waals surface area contributed by atoms with Crippen LogP contribution in [0.25, 0.3) is 0 Å². The van der Waals surface area contributed by atoms with Crippen molar-refractivity contribution in [2.24, 2.45) is 5.73 Å². The van der Waals surface area contributed by atoms with Crippen LogP contribution in [0.15, 0.2) is 12.1 Å². The van der Waals surface area contributed by atoms with E-state index >= 15 is 0 Å². The van der Waals surface area contributed by atoms with E-state index in [-0.39, 0.29) is 6.04 Å². The minimum atomic E-state index is 0.0467. The SMILES string of the molecule is CC(N)Cc1cc(Cl)cc(Cl)c1OCCN1CCCC1. The van der Waals surface area contributed by atoms with Crippen molar-refractivity contribution < 1.29 is 4.74 Å². The molecule has 1 heterocycles. The Morgan fingerprint density at radius 2 is 2.00 bits per heavy atom. The molecule has 1 saturated heterocycles. The summed E-state index contributed by atoms with van der Waals surface area (Å²) in [6.45, 7) is 5.89. The number of benzene rings is 1. The lowest BCUT2D eigenvalue weighted by molar-refractivity contribution is 0.236. The quantitative estimate of drug-likeness (QED) is 0.874. The van der Waals surface area contributed by atoms with Gasteiger partial charge < -0.3 is 10.5 Å². The zero-order chi connectivity index (χ0) is 14.5. The Morgan fingerprint density at radius 1 is 1.30 bits per heavy atom. The molecule has 0 spiro atoms. The van der Waals surface area contributed by atoms with Gasteiger partial charge in [0.1, 0.15) is 12.4 Å². The number of halogens is 2. The summed E-state index contributed by atoms with van der Waals surface area (Å²) in [4.78, 5) is 2.41. The van der Waals surface area contributed by atoms with Crippen LogP contribution < -0.4 is 10.5 Å². The van der Waals surface area contributed by atoms with Gasteiger partial charge in [0.2, 0.25) is 0 Å². The van der Waals surface area contributed by atoms with Crippen LogP contribution in [0.5, 0.6) is 5.75 Å². The molecule has 0 radical (unpaired) electrons. The zero-order valence-electron chi connectivity index (χ0n) is 11.9. The smallest absolute Gasteiger partial charge is 0.141 e. The predicted octanol–water partition coefficient (Wildman–Crippen LogP) is 3.36. The molecular formula is C15H22Cl2N2O. The second kappa shape index (κ2) is 7.51. The van der Waals surface area contributed by atoms with Crippen molar-refractivity contribution in [3.8, 4) is 5.75 Å². The molecule has 3 nitrogen and oxygen atoms in total. The van der Waals surface area contributed by atoms with Crippen LogP contribution in [-0.4, -0.2) is 37.2 Å². The summed E-state index contributed by atoms with van der Waals surface area (Å²) >= 11 is 12.3. The number of rotatable bonds is 6. The summed E-state index contributed by atoms with van der Waals surface area (Å²) in [6, 6.07) is 3.66. The molecule has 112 valence electrons. The van der Waals surface area contributed by atoms with Crippen molar-refractivity contribution in [1.82, 2.24) is 4.90 Å². The van der Waals surface area contributed by atoms with Gasteiger partial charge in [0.25, 0.3) is 0 Å². The van der Waals surface area contributed by atoms with Gasteiger partial charge in [0, 0.05) is 17.6 Å². The number of likely N-dealkylation sites (tertiary alicyclic amines) is 1. The van der Waals surface area contributed by atoms with Gasteiger partial charge in [0.05, 0.1) is 5.02 Å². The zero-order valence-corrected chi connectivity index (χ0v) is 13.4. The van der Waals surface area contributed by atoms with Crippen molar-refractivity contribution in [1.29, 1.82) is 0 Å². The standard InChI is InChI=1S/C15H22Cl2N2O/c1-11(18)8-12-9-13(16)10-14(17)15(12)20-7-6-19-4-2-3-5-19/h9-11H,2-8,18H2,1H3. The molecule has 1 aromatic carbocycles. The third-order valence-electron chi connectivity index (χ3n) is 3.48. The van der Waals surface area contributed by atoms with Crippen molar-refractivity contribution in [2.45, 2.75) is 32.2 Å². The predicted molar refractivity (Wildman–Crippen MR) is 85.0 cm³/mol. The van der Waals surface area contributed by atoms with E-state index in [4.69, 9.17) is 33.7 Å². The van der Waals surface area contributed by atoms with Gasteiger partial charge in [-0.2, -0.15) is 0 Å². The van der Waals surface area contributed by atoms with E-state index in [1.807, 2.05) is 13.0 Å². The van der Waals surface area contributed by atoms with Crippen molar-refractivity contribution in [3.05, 3.63) is 27.7 Å². The highest BCUT2D eigenvalue weighted by molar-refractivity contribution is 6.35. The summed E-state index contributed by atoms with van der Waals surface area (Å²) in [6.07, 6.45) is 3.29. The van der Waals surface area contributed by atoms with Crippen LogP contribution in [0.3, 0.4) is 0 Å². The summed E-state index contributed by atoms with van der Waals surface area (Å²) in [5.41, 5.74) is 6.86. The van der Waals surface area contributed by atoms with Gasteiger partial charge in [-0.25, -0.2) is 0 Å². The lowest BCUT2D eigenvalue weighted by atomic mass is 10.1. The fourth-order valence-corrected chi connectivity index (χ4v) is 3.15. The maximum Gasteiger partial charge on any atom is 0.141 e. The molecule has 1 aliphatic heterocycles. The Balaban J connectivity index is 2.00. The van der Waals surface area contributed by atoms with Crippen LogP contribution in [0.4, 0.5) is 0 Å². The number of hydrogen-bond acceptors (Lipinski definition) is 3. The van der Waals surface area contributed by atoms with Gasteiger partial charge in [-0.15, -0.1) is 0 Å². The first-order chi connectivity index (χ1) is 9.56. The molecule has 0 saturated carbocycles. The van der Waals surface area contributed by atoms with Crippen LogP contribution >= 0.6 is 23.2 Å². The molecule has 20 heavy (non-hydrogen) atoms. The summed E-state index contributed by atoms with van der Waals surface area (Å²) in [5.74, 6) is 0.729. The minimum Gasteiger partial charge on any atom is -0.490 e. The molecule has 5 heteroatoms. The summed E-state index contributed by atoms with van der Waals surface area (Å²) < 4.78 is 5.90. The second-order valence-corrected chi connectivity index (χ2v) is 6.30. The van der Waals surface area contributed by atoms with Gasteiger partial charge in [0.15, 0.2) is 0 Å². The highest BCUT2D eigenvalue weighted by Gasteiger charge is 2.14. The molecule has 0 amide bonds. The first-order valence-electron chi connectivity index (χ1n) is 7.15. The van der Waals surface area contributed by atoms with Crippen LogP contribution in [-0.2, 0) is 6.42 Å². The maximum absolute atomic E-state index is 6.25. The van der Waals surface area contributed by atoms with Gasteiger partial charge in [-0.3, -0.25) is 4.90 Å². The lowest BCUT2D eigenvalue weighted by Gasteiger charge is -2.18. The highest BCUT2D eigenvalue weighted by atomic mass is 35.5. The molecule has 1 unspecified atom stereocenters.